The first-order valence-corrected chi connectivity index (χ1v) is 7.37. The number of hydrogen-bond donors (Lipinski definition) is 2. The second-order valence-electron chi connectivity index (χ2n) is 3.91. The van der Waals surface area contributed by atoms with E-state index in [1.54, 1.807) is 12.3 Å². The maximum atomic E-state index is 10.8. The average molecular weight is 268 g/mol. The van der Waals surface area contributed by atoms with Gasteiger partial charge in [-0.15, -0.1) is 0 Å². The molecule has 0 saturated heterocycles. The smallest absolute Gasteiger partial charge is 0.208 e. The van der Waals surface area contributed by atoms with E-state index in [1.807, 2.05) is 6.92 Å². The fraction of sp³-hybridized carbons (Fsp3) is 0.455. The molecule has 18 heavy (non-hydrogen) atoms. The topological polar surface area (TPSA) is 94.9 Å². The van der Waals surface area contributed by atoms with Crippen molar-refractivity contribution < 1.29 is 8.42 Å². The Morgan fingerprint density at radius 1 is 1.44 bits per heavy atom. The van der Waals surface area contributed by atoms with Crippen LogP contribution in [0.3, 0.4) is 0 Å². The van der Waals surface area contributed by atoms with Gasteiger partial charge in [0.1, 0.15) is 11.9 Å². The molecular weight excluding hydrogens is 252 g/mol. The molecule has 0 amide bonds. The zero-order valence-corrected chi connectivity index (χ0v) is 11.2. The maximum Gasteiger partial charge on any atom is 0.208 e. The summed E-state index contributed by atoms with van der Waals surface area (Å²) in [7, 11) is -3.13. The Morgan fingerprint density at radius 3 is 2.78 bits per heavy atom. The zero-order valence-electron chi connectivity index (χ0n) is 10.4. The molecule has 0 aromatic carbocycles. The maximum absolute atomic E-state index is 10.8. The van der Waals surface area contributed by atoms with Crippen LogP contribution in [0.4, 0.5) is 5.82 Å². The van der Waals surface area contributed by atoms with E-state index in [0.717, 1.165) is 11.8 Å². The summed E-state index contributed by atoms with van der Waals surface area (Å²) in [5, 5.41) is 12.0. The summed E-state index contributed by atoms with van der Waals surface area (Å²) in [6.45, 7) is 2.75. The summed E-state index contributed by atoms with van der Waals surface area (Å²) >= 11 is 0. The Morgan fingerprint density at radius 2 is 2.17 bits per heavy atom. The van der Waals surface area contributed by atoms with Crippen LogP contribution >= 0.6 is 0 Å². The third-order valence-electron chi connectivity index (χ3n) is 2.28. The minimum absolute atomic E-state index is 0.361. The van der Waals surface area contributed by atoms with Gasteiger partial charge in [-0.1, -0.05) is 0 Å². The lowest BCUT2D eigenvalue weighted by atomic mass is 10.1. The molecule has 98 valence electrons. The van der Waals surface area contributed by atoms with Gasteiger partial charge in [-0.3, -0.25) is 0 Å². The van der Waals surface area contributed by atoms with Crippen molar-refractivity contribution in [3.8, 4) is 6.07 Å². The minimum Gasteiger partial charge on any atom is -0.369 e. The molecule has 0 radical (unpaired) electrons. The van der Waals surface area contributed by atoms with Gasteiger partial charge in [-0.25, -0.2) is 18.1 Å². The Kier molecular flexibility index (Phi) is 5.07. The SMILES string of the molecule is Cc1ccnc(NCCCNS(C)(=O)=O)c1C#N. The number of aromatic nitrogens is 1. The van der Waals surface area contributed by atoms with Crippen LogP contribution < -0.4 is 10.0 Å². The number of nitrogens with one attached hydrogen (secondary N) is 2. The zero-order chi connectivity index (χ0) is 13.6. The quantitative estimate of drug-likeness (QED) is 0.737. The highest BCUT2D eigenvalue weighted by Crippen LogP contribution is 2.14. The van der Waals surface area contributed by atoms with Crippen molar-refractivity contribution in [3.63, 3.8) is 0 Å². The van der Waals surface area contributed by atoms with Crippen LogP contribution in [-0.4, -0.2) is 32.7 Å². The monoisotopic (exact) mass is 268 g/mol. The van der Waals surface area contributed by atoms with Crippen LogP contribution in [0.5, 0.6) is 0 Å². The molecule has 2 N–H and O–H groups in total. The molecule has 0 unspecified atom stereocenters. The highest BCUT2D eigenvalue weighted by molar-refractivity contribution is 7.88. The minimum atomic E-state index is -3.13. The van der Waals surface area contributed by atoms with Crippen LogP contribution in [-0.2, 0) is 10.0 Å². The summed E-state index contributed by atoms with van der Waals surface area (Å²) in [5.74, 6) is 0.539. The average Bonchev–Trinajstić information content (AvgIpc) is 2.27. The van der Waals surface area contributed by atoms with Crippen molar-refractivity contribution >= 4 is 15.8 Å². The number of rotatable bonds is 6. The first-order valence-electron chi connectivity index (χ1n) is 5.48. The van der Waals surface area contributed by atoms with Crippen molar-refractivity contribution in [2.24, 2.45) is 0 Å². The molecule has 7 heteroatoms. The van der Waals surface area contributed by atoms with Gasteiger partial charge in [-0.05, 0) is 25.0 Å². The molecule has 6 nitrogen and oxygen atoms in total. The third kappa shape index (κ3) is 4.69. The van der Waals surface area contributed by atoms with E-state index in [0.29, 0.717) is 30.9 Å². The van der Waals surface area contributed by atoms with Gasteiger partial charge in [0, 0.05) is 19.3 Å². The normalized spacial score (nSPS) is 10.9. The Bertz CT molecular complexity index is 549. The molecule has 1 aromatic heterocycles. The summed E-state index contributed by atoms with van der Waals surface area (Å²) in [6, 6.07) is 3.87. The summed E-state index contributed by atoms with van der Waals surface area (Å²) in [6.07, 6.45) is 3.37. The Hall–Kier alpha value is -1.65. The predicted molar refractivity (Wildman–Crippen MR) is 69.6 cm³/mol. The van der Waals surface area contributed by atoms with Crippen molar-refractivity contribution in [1.82, 2.24) is 9.71 Å². The number of sulfonamides is 1. The largest absolute Gasteiger partial charge is 0.369 e. The number of nitrogens with zero attached hydrogens (tertiary/aromatic N) is 2. The fourth-order valence-corrected chi connectivity index (χ4v) is 1.90. The molecule has 1 rings (SSSR count). The highest BCUT2D eigenvalue weighted by Gasteiger charge is 2.05. The van der Waals surface area contributed by atoms with Crippen molar-refractivity contribution in [3.05, 3.63) is 23.4 Å². The van der Waals surface area contributed by atoms with Crippen LogP contribution in [0.1, 0.15) is 17.5 Å². The van der Waals surface area contributed by atoms with Gasteiger partial charge >= 0.3 is 0 Å². The first kappa shape index (κ1) is 14.4. The van der Waals surface area contributed by atoms with Gasteiger partial charge in [0.25, 0.3) is 0 Å². The van der Waals surface area contributed by atoms with E-state index >= 15 is 0 Å². The van der Waals surface area contributed by atoms with E-state index in [2.05, 4.69) is 21.1 Å². The van der Waals surface area contributed by atoms with Crippen LogP contribution in [0.15, 0.2) is 12.3 Å². The molecule has 0 fully saturated rings. The molecule has 0 saturated carbocycles. The molecular formula is C11H16N4O2S. The molecule has 0 aliphatic rings. The summed E-state index contributed by atoms with van der Waals surface area (Å²) < 4.78 is 24.0. The van der Waals surface area contributed by atoms with Gasteiger partial charge in [0.2, 0.25) is 10.0 Å². The van der Waals surface area contributed by atoms with Crippen LogP contribution in [0.2, 0.25) is 0 Å². The molecule has 0 aliphatic heterocycles. The highest BCUT2D eigenvalue weighted by atomic mass is 32.2. The van der Waals surface area contributed by atoms with E-state index in [1.165, 1.54) is 0 Å². The molecule has 0 atom stereocenters. The summed E-state index contributed by atoms with van der Waals surface area (Å²) in [4.78, 5) is 4.08. The predicted octanol–water partition coefficient (Wildman–Crippen LogP) is 0.613. The second-order valence-corrected chi connectivity index (χ2v) is 5.74. The molecule has 1 heterocycles. The van der Waals surface area contributed by atoms with Crippen molar-refractivity contribution in [2.75, 3.05) is 24.7 Å². The number of hydrogen-bond acceptors (Lipinski definition) is 5. The standard InChI is InChI=1S/C11H16N4O2S/c1-9-4-7-14-11(10(9)8-12)13-5-3-6-15-18(2,16)17/h4,7,15H,3,5-6H2,1-2H3,(H,13,14). The van der Waals surface area contributed by atoms with E-state index in [4.69, 9.17) is 5.26 Å². The van der Waals surface area contributed by atoms with Gasteiger partial charge < -0.3 is 5.32 Å². The third-order valence-corrected chi connectivity index (χ3v) is 3.01. The number of aryl methyl sites for hydroxylation is 1. The number of anilines is 1. The van der Waals surface area contributed by atoms with Gasteiger partial charge in [0.15, 0.2) is 0 Å². The van der Waals surface area contributed by atoms with Crippen molar-refractivity contribution in [2.45, 2.75) is 13.3 Å². The molecule has 0 bridgehead atoms. The van der Waals surface area contributed by atoms with Gasteiger partial charge in [0.05, 0.1) is 11.8 Å². The van der Waals surface area contributed by atoms with E-state index < -0.39 is 10.0 Å². The Labute approximate surface area is 107 Å². The lowest BCUT2D eigenvalue weighted by molar-refractivity contribution is 0.586. The summed E-state index contributed by atoms with van der Waals surface area (Å²) in [5.41, 5.74) is 1.39. The van der Waals surface area contributed by atoms with Crippen molar-refractivity contribution in [1.29, 1.82) is 5.26 Å². The lowest BCUT2D eigenvalue weighted by Gasteiger charge is -2.08. The lowest BCUT2D eigenvalue weighted by Crippen LogP contribution is -2.24. The molecule has 0 aliphatic carbocycles. The van der Waals surface area contributed by atoms with E-state index in [-0.39, 0.29) is 0 Å². The second kappa shape index (κ2) is 6.33. The Balaban J connectivity index is 2.46. The van der Waals surface area contributed by atoms with E-state index in [9.17, 15) is 8.42 Å². The fourth-order valence-electron chi connectivity index (χ4n) is 1.39. The van der Waals surface area contributed by atoms with Crippen LogP contribution in [0.25, 0.3) is 0 Å². The van der Waals surface area contributed by atoms with Crippen LogP contribution in [0, 0.1) is 18.3 Å². The molecule has 1 aromatic rings. The number of nitriles is 1. The molecule has 0 spiro atoms. The van der Waals surface area contributed by atoms with Gasteiger partial charge in [-0.2, -0.15) is 5.26 Å². The first-order chi connectivity index (χ1) is 8.44. The number of pyridine rings is 1.